The minimum absolute atomic E-state index is 0.0151. The summed E-state index contributed by atoms with van der Waals surface area (Å²) in [4.78, 5) is 42.8. The smallest absolute Gasteiger partial charge is 0.296 e. The van der Waals surface area contributed by atoms with Gasteiger partial charge in [0.2, 0.25) is 5.78 Å². The van der Waals surface area contributed by atoms with E-state index in [1.54, 1.807) is 6.20 Å². The average Bonchev–Trinajstić information content (AvgIpc) is 3.97. The number of thiocarbonyl (C=S) groups is 2. The second-order valence-corrected chi connectivity index (χ2v) is 14.2. The molecule has 11 heteroatoms. The summed E-state index contributed by atoms with van der Waals surface area (Å²) in [7, 11) is 1.25. The summed E-state index contributed by atoms with van der Waals surface area (Å²) in [5.74, 6) is 10.8. The van der Waals surface area contributed by atoms with Gasteiger partial charge in [0.05, 0.1) is 11.7 Å². The summed E-state index contributed by atoms with van der Waals surface area (Å²) in [5, 5.41) is 7.30. The van der Waals surface area contributed by atoms with Gasteiger partial charge < -0.3 is 21.0 Å². The third-order valence-corrected chi connectivity index (χ3v) is 9.42. The van der Waals surface area contributed by atoms with Gasteiger partial charge in [-0.25, -0.2) is 15.0 Å². The highest BCUT2D eigenvalue weighted by molar-refractivity contribution is 7.80. The number of amides is 1. The number of rotatable bonds is 14. The highest BCUT2D eigenvalue weighted by atomic mass is 32.1. The number of H-pyrrole nitrogens is 2. The molecule has 0 spiro atoms. The van der Waals surface area contributed by atoms with Crippen LogP contribution in [0.5, 0.6) is 0 Å². The number of unbranched alkanes of at least 4 members (excludes halogenated alkanes) is 2. The van der Waals surface area contributed by atoms with E-state index in [4.69, 9.17) is 19.3 Å². The van der Waals surface area contributed by atoms with Crippen molar-refractivity contribution in [2.75, 3.05) is 13.1 Å². The van der Waals surface area contributed by atoms with E-state index in [0.29, 0.717) is 26.1 Å². The number of nitrogens with zero attached hydrogens (tertiary/aromatic N) is 3. The van der Waals surface area contributed by atoms with Gasteiger partial charge in [-0.15, -0.1) is 0 Å². The Balaban J connectivity index is 0.000000260. The number of carbonyl (C=O) groups excluding carboxylic acids is 2. The summed E-state index contributed by atoms with van der Waals surface area (Å²) in [5.41, 5.74) is 13.6. The molecule has 9 nitrogen and oxygen atoms in total. The second-order valence-electron chi connectivity index (χ2n) is 13.5. The fourth-order valence-corrected chi connectivity index (χ4v) is 5.96. The normalized spacial score (nSPS) is 9.93. The first-order valence-electron chi connectivity index (χ1n) is 20.3. The first kappa shape index (κ1) is 45.6. The van der Waals surface area contributed by atoms with Crippen LogP contribution in [0.2, 0.25) is 0 Å². The van der Waals surface area contributed by atoms with Gasteiger partial charge >= 0.3 is 0 Å². The number of benzene rings is 2. The molecule has 4 aromatic heterocycles. The number of hydrogen-bond acceptors (Lipinski definition) is 8. The molecule has 304 valence electrons. The number of aryl methyl sites for hydroxylation is 3. The van der Waals surface area contributed by atoms with Crippen molar-refractivity contribution < 1.29 is 11.0 Å². The summed E-state index contributed by atoms with van der Waals surface area (Å²) < 4.78 is 5.75. The molecule has 1 amide bonds. The Morgan fingerprint density at radius 2 is 1.32 bits per heavy atom. The average molecular weight is 825 g/mol. The van der Waals surface area contributed by atoms with Crippen LogP contribution in [-0.4, -0.2) is 54.7 Å². The van der Waals surface area contributed by atoms with Crippen molar-refractivity contribution in [1.29, 1.82) is 0 Å². The van der Waals surface area contributed by atoms with Crippen LogP contribution in [0.25, 0.3) is 22.1 Å². The molecule has 0 aliphatic rings. The maximum absolute atomic E-state index is 11.9. The van der Waals surface area contributed by atoms with Crippen molar-refractivity contribution >= 4 is 68.2 Å². The lowest BCUT2D eigenvalue weighted by molar-refractivity contribution is -0.116. The second kappa shape index (κ2) is 26.8. The fourth-order valence-electron chi connectivity index (χ4n) is 5.65. The Morgan fingerprint density at radius 1 is 0.763 bits per heavy atom. The van der Waals surface area contributed by atoms with E-state index in [9.17, 15) is 9.59 Å². The standard InChI is InChI=1S/C25H26N2OS.C13H16N2O.C9H7N3S.CH4/c1-19-7-9-20(10-8-19)11-13-22(28)5-3-2-4-6-23(29)14-12-21-15-17-26-25-24(21)16-18-27-25;1-11-3-5-12(6-4-11)7-8-13(16)15-10-2-9-14;13-6-10-5-7-1-3-11-9-8(7)2-4-12-9;/h7-10,15-18H,2-6,12,14H2,1H3,(H,26,27);3-6H,2,9-10,14H2,1H3,(H,15,16);1-4H,5H2,(H,11,12);1H4/i;;;1D. The molecule has 0 unspecified atom stereocenters. The Hall–Kier alpha value is -6.07. The molecule has 0 radical (unpaired) electrons. The van der Waals surface area contributed by atoms with Crippen LogP contribution in [-0.2, 0) is 22.6 Å². The lowest BCUT2D eigenvalue weighted by Gasteiger charge is -2.05. The van der Waals surface area contributed by atoms with E-state index in [1.807, 2.05) is 93.1 Å². The van der Waals surface area contributed by atoms with Gasteiger partial charge in [-0.3, -0.25) is 9.59 Å². The number of isothiocyanates is 1. The van der Waals surface area contributed by atoms with Crippen LogP contribution in [0, 0.1) is 37.5 Å². The maximum Gasteiger partial charge on any atom is 0.296 e. The molecule has 2 aromatic carbocycles. The van der Waals surface area contributed by atoms with Crippen molar-refractivity contribution in [2.45, 2.75) is 79.2 Å². The van der Waals surface area contributed by atoms with Crippen molar-refractivity contribution in [3.8, 4) is 23.7 Å². The lowest BCUT2D eigenvalue weighted by Crippen LogP contribution is -2.24. The number of fused-ring (bicyclic) bond motifs is 2. The molecule has 59 heavy (non-hydrogen) atoms. The number of aliphatic imine (C=N–C) groups is 1. The van der Waals surface area contributed by atoms with Crippen LogP contribution in [0.1, 0.15) is 87.1 Å². The summed E-state index contributed by atoms with van der Waals surface area (Å²) in [6, 6.07) is 23.7. The van der Waals surface area contributed by atoms with Gasteiger partial charge in [-0.2, -0.15) is 0 Å². The Bertz CT molecular complexity index is 2430. The molecule has 0 fully saturated rings. The first-order chi connectivity index (χ1) is 29.2. The first-order valence-corrected chi connectivity index (χ1v) is 20.1. The topological polar surface area (TPSA) is 142 Å². The largest absolute Gasteiger partial charge is 0.346 e. The Labute approximate surface area is 360 Å². The number of hydrogen-bond donors (Lipinski definition) is 4. The van der Waals surface area contributed by atoms with E-state index >= 15 is 0 Å². The number of nitrogens with one attached hydrogen (secondary N) is 3. The van der Waals surface area contributed by atoms with Crippen LogP contribution >= 0.6 is 24.4 Å². The van der Waals surface area contributed by atoms with Crippen LogP contribution in [0.3, 0.4) is 0 Å². The number of aromatic nitrogens is 4. The molecular weight excluding hydrogens is 771 g/mol. The molecule has 5 N–H and O–H groups in total. The molecule has 0 bridgehead atoms. The number of nitrogens with two attached hydrogens (primary N) is 1. The SMILES string of the molecule is Cc1ccc(C#CC(=O)CCCCCC(=S)CCc2ccnc3[nH]ccc23)cc1.Cc1ccc(C#CC(=O)NCCCN)cc1.S=C=NCc1ccnc2[nH]ccc12.[2H]C. The van der Waals surface area contributed by atoms with Gasteiger partial charge in [0.25, 0.3) is 5.91 Å². The minimum Gasteiger partial charge on any atom is -0.346 e. The molecule has 0 saturated heterocycles. The zero-order valence-electron chi connectivity index (χ0n) is 35.1. The third kappa shape index (κ3) is 17.5. The van der Waals surface area contributed by atoms with Crippen molar-refractivity contribution in [3.05, 3.63) is 131 Å². The predicted molar refractivity (Wildman–Crippen MR) is 249 cm³/mol. The predicted octanol–water partition coefficient (Wildman–Crippen LogP) is 9.36. The highest BCUT2D eigenvalue weighted by Crippen LogP contribution is 2.18. The fraction of sp³-hybridized carbons (Fsp3) is 0.292. The number of pyridine rings is 2. The minimum atomic E-state index is -0.256. The van der Waals surface area contributed by atoms with Gasteiger partial charge in [-0.1, -0.05) is 73.3 Å². The van der Waals surface area contributed by atoms with Gasteiger partial charge in [-0.05, 0) is 142 Å². The van der Waals surface area contributed by atoms with Crippen LogP contribution < -0.4 is 11.1 Å². The van der Waals surface area contributed by atoms with Gasteiger partial charge in [0.1, 0.15) is 11.3 Å². The Kier molecular flexibility index (Phi) is 20.7. The number of ketones is 1. The summed E-state index contributed by atoms with van der Waals surface area (Å²) in [6.45, 7) is 5.77. The molecule has 6 aromatic rings. The van der Waals surface area contributed by atoms with E-state index in [0.717, 1.165) is 83.2 Å². The van der Waals surface area contributed by atoms with Crippen LogP contribution in [0.4, 0.5) is 0 Å². The molecule has 4 heterocycles. The van der Waals surface area contributed by atoms with Gasteiger partial charge in [0, 0.05) is 66.9 Å². The quantitative estimate of drug-likeness (QED) is 0.0371. The van der Waals surface area contributed by atoms with Crippen molar-refractivity contribution in [1.82, 2.24) is 25.3 Å². The van der Waals surface area contributed by atoms with Crippen LogP contribution in [0.15, 0.2) is 103 Å². The molecule has 0 aliphatic heterocycles. The molecule has 6 rings (SSSR count). The van der Waals surface area contributed by atoms with E-state index in [-0.39, 0.29) is 11.7 Å². The molecular formula is C48H53N7O2S2. The molecule has 0 aliphatic carbocycles. The summed E-state index contributed by atoms with van der Waals surface area (Å²) >= 11 is 10.1. The third-order valence-electron chi connectivity index (χ3n) is 8.88. The lowest BCUT2D eigenvalue weighted by atomic mass is 10.0. The summed E-state index contributed by atoms with van der Waals surface area (Å²) in [6.07, 6.45) is 14.4. The maximum atomic E-state index is 11.9. The molecule has 0 atom stereocenters. The number of aromatic amines is 2. The highest BCUT2D eigenvalue weighted by Gasteiger charge is 2.06. The van der Waals surface area contributed by atoms with Crippen molar-refractivity contribution in [3.63, 3.8) is 0 Å². The monoisotopic (exact) mass is 824 g/mol. The van der Waals surface area contributed by atoms with Crippen molar-refractivity contribution in [2.24, 2.45) is 10.7 Å². The van der Waals surface area contributed by atoms with Gasteiger partial charge in [0.15, 0.2) is 0 Å². The molecule has 0 saturated carbocycles. The van der Waals surface area contributed by atoms with E-state index < -0.39 is 0 Å². The zero-order valence-corrected chi connectivity index (χ0v) is 35.7. The van der Waals surface area contributed by atoms with E-state index in [1.165, 1.54) is 29.5 Å². The van der Waals surface area contributed by atoms with E-state index in [2.05, 4.69) is 83.4 Å². The zero-order chi connectivity index (χ0) is 43.4. The Morgan fingerprint density at radius 3 is 1.92 bits per heavy atom. The number of carbonyl (C=O) groups is 2. The number of Topliss-reactive ketones (excluding diaryl/α,β-unsaturated/α-hetero) is 1.